The Balaban J connectivity index is 3.37. The van der Waals surface area contributed by atoms with Crippen LogP contribution in [0.3, 0.4) is 0 Å². The van der Waals surface area contributed by atoms with E-state index >= 15 is 0 Å². The molecule has 26 heavy (non-hydrogen) atoms. The number of anilines is 1. The van der Waals surface area contributed by atoms with Gasteiger partial charge in [0.2, 0.25) is 10.0 Å². The topological polar surface area (TPSA) is 102 Å². The molecular weight excluding hydrogens is 356 g/mol. The largest absolute Gasteiger partial charge is 0.465 e. The number of urea groups is 1. The van der Waals surface area contributed by atoms with E-state index in [1.807, 2.05) is 32.4 Å². The molecule has 0 radical (unpaired) electrons. The van der Waals surface area contributed by atoms with Crippen LogP contribution in [-0.2, 0) is 14.8 Å². The number of amides is 2. The van der Waals surface area contributed by atoms with Gasteiger partial charge in [-0.25, -0.2) is 22.7 Å². The van der Waals surface area contributed by atoms with Gasteiger partial charge in [0.15, 0.2) is 0 Å². The fourth-order valence-electron chi connectivity index (χ4n) is 2.46. The molecule has 0 spiro atoms. The van der Waals surface area contributed by atoms with E-state index in [9.17, 15) is 18.0 Å². The Hall–Kier alpha value is -2.35. The highest BCUT2D eigenvalue weighted by Crippen LogP contribution is 2.34. The van der Waals surface area contributed by atoms with Gasteiger partial charge in [-0.15, -0.1) is 6.58 Å². The maximum absolute atomic E-state index is 12.2. The smallest absolute Gasteiger partial charge is 0.337 e. The molecule has 1 aromatic rings. The molecule has 2 N–H and O–H groups in total. The zero-order chi connectivity index (χ0) is 20.1. The molecule has 0 saturated heterocycles. The van der Waals surface area contributed by atoms with Crippen molar-refractivity contribution in [3.63, 3.8) is 0 Å². The molecule has 2 amide bonds. The van der Waals surface area contributed by atoms with Crippen molar-refractivity contribution in [1.29, 1.82) is 0 Å². The summed E-state index contributed by atoms with van der Waals surface area (Å²) in [4.78, 5) is 24.1. The molecule has 1 aromatic carbocycles. The summed E-state index contributed by atoms with van der Waals surface area (Å²) in [5.41, 5.74) is 2.31. The molecule has 0 unspecified atom stereocenters. The Morgan fingerprint density at radius 1 is 1.15 bits per heavy atom. The number of ether oxygens (including phenoxy) is 1. The van der Waals surface area contributed by atoms with E-state index in [2.05, 4.69) is 11.9 Å². The maximum atomic E-state index is 12.2. The minimum atomic E-state index is -3.80. The molecule has 1 rings (SSSR count). The van der Waals surface area contributed by atoms with Crippen LogP contribution in [0.1, 0.15) is 61.0 Å². The van der Waals surface area contributed by atoms with Crippen molar-refractivity contribution in [1.82, 2.24) is 4.72 Å². The van der Waals surface area contributed by atoms with Gasteiger partial charge in [0.1, 0.15) is 0 Å². The molecule has 0 aromatic heterocycles. The van der Waals surface area contributed by atoms with Crippen molar-refractivity contribution >= 4 is 27.7 Å². The first kappa shape index (κ1) is 21.7. The van der Waals surface area contributed by atoms with E-state index in [0.29, 0.717) is 22.4 Å². The predicted molar refractivity (Wildman–Crippen MR) is 102 cm³/mol. The van der Waals surface area contributed by atoms with Gasteiger partial charge in [-0.05, 0) is 35.1 Å². The SMILES string of the molecule is C=CCS(=O)(=O)NC(=O)Nc1c(C(C)C)cc(C(=O)OC)cc1C(C)C. The van der Waals surface area contributed by atoms with Gasteiger partial charge in [0.05, 0.1) is 18.4 Å². The number of hydrogen-bond acceptors (Lipinski definition) is 5. The molecule has 0 aliphatic heterocycles. The summed E-state index contributed by atoms with van der Waals surface area (Å²) in [5, 5.41) is 2.62. The predicted octanol–water partition coefficient (Wildman–Crippen LogP) is 3.36. The van der Waals surface area contributed by atoms with Crippen molar-refractivity contribution in [2.24, 2.45) is 0 Å². The monoisotopic (exact) mass is 382 g/mol. The van der Waals surface area contributed by atoms with E-state index in [4.69, 9.17) is 4.74 Å². The number of hydrogen-bond donors (Lipinski definition) is 2. The zero-order valence-corrected chi connectivity index (χ0v) is 16.6. The van der Waals surface area contributed by atoms with Crippen LogP contribution < -0.4 is 10.0 Å². The number of carbonyl (C=O) groups is 2. The van der Waals surface area contributed by atoms with Crippen LogP contribution in [0, 0.1) is 0 Å². The lowest BCUT2D eigenvalue weighted by atomic mass is 9.90. The number of rotatable bonds is 7. The lowest BCUT2D eigenvalue weighted by Crippen LogP contribution is -2.36. The maximum Gasteiger partial charge on any atom is 0.337 e. The fraction of sp³-hybridized carbons (Fsp3) is 0.444. The van der Waals surface area contributed by atoms with Crippen LogP contribution in [-0.4, -0.2) is 33.3 Å². The lowest BCUT2D eigenvalue weighted by molar-refractivity contribution is 0.0600. The fourth-order valence-corrected chi connectivity index (χ4v) is 3.18. The molecule has 0 fully saturated rings. The molecule has 7 nitrogen and oxygen atoms in total. The van der Waals surface area contributed by atoms with E-state index in [1.165, 1.54) is 13.2 Å². The summed E-state index contributed by atoms with van der Waals surface area (Å²) >= 11 is 0. The quantitative estimate of drug-likeness (QED) is 0.556. The molecule has 0 aliphatic rings. The van der Waals surface area contributed by atoms with E-state index < -0.39 is 22.0 Å². The number of sulfonamides is 1. The first-order valence-electron chi connectivity index (χ1n) is 8.20. The second-order valence-electron chi connectivity index (χ2n) is 6.46. The van der Waals surface area contributed by atoms with Crippen molar-refractivity contribution in [3.05, 3.63) is 41.5 Å². The zero-order valence-electron chi connectivity index (χ0n) is 15.8. The number of nitrogens with one attached hydrogen (secondary N) is 2. The molecule has 0 bridgehead atoms. The summed E-state index contributed by atoms with van der Waals surface area (Å²) in [7, 11) is -2.49. The summed E-state index contributed by atoms with van der Waals surface area (Å²) in [6.07, 6.45) is 1.19. The van der Waals surface area contributed by atoms with Gasteiger partial charge >= 0.3 is 12.0 Å². The van der Waals surface area contributed by atoms with E-state index in [0.717, 1.165) is 0 Å². The number of esters is 1. The van der Waals surface area contributed by atoms with Crippen LogP contribution in [0.2, 0.25) is 0 Å². The third kappa shape index (κ3) is 5.59. The van der Waals surface area contributed by atoms with Crippen LogP contribution in [0.25, 0.3) is 0 Å². The minimum absolute atomic E-state index is 0.0165. The Kier molecular flexibility index (Phi) is 7.38. The third-order valence-electron chi connectivity index (χ3n) is 3.69. The van der Waals surface area contributed by atoms with Crippen LogP contribution >= 0.6 is 0 Å². The molecule has 8 heteroatoms. The van der Waals surface area contributed by atoms with Gasteiger partial charge in [-0.1, -0.05) is 33.8 Å². The van der Waals surface area contributed by atoms with E-state index in [-0.39, 0.29) is 17.6 Å². The Morgan fingerprint density at radius 2 is 1.65 bits per heavy atom. The van der Waals surface area contributed by atoms with Crippen molar-refractivity contribution in [3.8, 4) is 0 Å². The van der Waals surface area contributed by atoms with Crippen molar-refractivity contribution in [2.45, 2.75) is 39.5 Å². The van der Waals surface area contributed by atoms with Crippen LogP contribution in [0.15, 0.2) is 24.8 Å². The first-order valence-corrected chi connectivity index (χ1v) is 9.86. The standard InChI is InChI=1S/C18H26N2O5S/c1-7-8-26(23,24)20-18(22)19-16-14(11(2)3)9-13(17(21)25-6)10-15(16)12(4)5/h7,9-12H,1,8H2,2-6H3,(H2,19,20,22). The second kappa shape index (κ2) is 8.84. The highest BCUT2D eigenvalue weighted by molar-refractivity contribution is 7.90. The summed E-state index contributed by atoms with van der Waals surface area (Å²) in [6, 6.07) is 2.44. The first-order chi connectivity index (χ1) is 12.0. The van der Waals surface area contributed by atoms with Gasteiger partial charge in [0.25, 0.3) is 0 Å². The van der Waals surface area contributed by atoms with Crippen molar-refractivity contribution in [2.75, 3.05) is 18.2 Å². The van der Waals surface area contributed by atoms with Crippen LogP contribution in [0.4, 0.5) is 10.5 Å². The average molecular weight is 382 g/mol. The summed E-state index contributed by atoms with van der Waals surface area (Å²) in [6.45, 7) is 11.0. The Morgan fingerprint density at radius 3 is 2.04 bits per heavy atom. The summed E-state index contributed by atoms with van der Waals surface area (Å²) in [5.74, 6) is -0.872. The van der Waals surface area contributed by atoms with Gasteiger partial charge < -0.3 is 10.1 Å². The summed E-state index contributed by atoms with van der Waals surface area (Å²) < 4.78 is 30.2. The van der Waals surface area contributed by atoms with Gasteiger partial charge in [-0.2, -0.15) is 0 Å². The average Bonchev–Trinajstić information content (AvgIpc) is 2.52. The van der Waals surface area contributed by atoms with E-state index in [1.54, 1.807) is 12.1 Å². The lowest BCUT2D eigenvalue weighted by Gasteiger charge is -2.21. The molecule has 0 aliphatic carbocycles. The molecular formula is C18H26N2O5S. The van der Waals surface area contributed by atoms with Crippen LogP contribution in [0.5, 0.6) is 0 Å². The molecule has 0 atom stereocenters. The second-order valence-corrected chi connectivity index (χ2v) is 8.22. The minimum Gasteiger partial charge on any atom is -0.465 e. The molecule has 144 valence electrons. The number of methoxy groups -OCH3 is 1. The molecule has 0 saturated carbocycles. The normalized spacial score (nSPS) is 11.3. The number of carbonyl (C=O) groups excluding carboxylic acids is 2. The van der Waals surface area contributed by atoms with Crippen molar-refractivity contribution < 1.29 is 22.7 Å². The molecule has 0 heterocycles. The third-order valence-corrected chi connectivity index (χ3v) is 4.86. The highest BCUT2D eigenvalue weighted by atomic mass is 32.2. The van der Waals surface area contributed by atoms with Gasteiger partial charge in [-0.3, -0.25) is 0 Å². The highest BCUT2D eigenvalue weighted by Gasteiger charge is 2.22. The Labute approximate surface area is 154 Å². The Bertz CT molecular complexity index is 769. The van der Waals surface area contributed by atoms with Gasteiger partial charge in [0, 0.05) is 5.69 Å². The number of benzene rings is 1.